The van der Waals surface area contributed by atoms with Gasteiger partial charge in [-0.05, 0) is 53.3 Å². The Kier molecular flexibility index (Phi) is 6.07. The topological polar surface area (TPSA) is 34.1 Å². The van der Waals surface area contributed by atoms with E-state index in [1.807, 2.05) is 6.07 Å². The summed E-state index contributed by atoms with van der Waals surface area (Å²) in [5.41, 5.74) is 5.97. The predicted octanol–water partition coefficient (Wildman–Crippen LogP) is 7.41. The largest absolute Gasteiger partial charge is 0.494 e. The quantitative estimate of drug-likeness (QED) is 0.364. The molecule has 0 amide bonds. The third-order valence-electron chi connectivity index (χ3n) is 6.72. The van der Waals surface area contributed by atoms with E-state index >= 15 is 0 Å². The highest BCUT2D eigenvalue weighted by atomic mass is 16.5. The van der Waals surface area contributed by atoms with Crippen molar-refractivity contribution in [2.75, 3.05) is 6.61 Å². The Balaban J connectivity index is 1.44. The number of benzene rings is 3. The molecule has 0 N–H and O–H groups in total. The number of fused-ring (bicyclic) bond motifs is 3. The molecule has 0 unspecified atom stereocenters. The summed E-state index contributed by atoms with van der Waals surface area (Å²) in [5.74, 6) is 1.86. The van der Waals surface area contributed by atoms with Gasteiger partial charge in [-0.15, -0.1) is 0 Å². The number of hydrogen-bond donors (Lipinski definition) is 0. The van der Waals surface area contributed by atoms with Crippen molar-refractivity contribution in [2.45, 2.75) is 64.6 Å². The molecule has 3 aromatic rings. The van der Waals surface area contributed by atoms with E-state index in [1.54, 1.807) is 0 Å². The third kappa shape index (κ3) is 4.42. The summed E-state index contributed by atoms with van der Waals surface area (Å²) < 4.78 is 12.4. The number of para-hydroxylation sites is 1. The zero-order valence-electron chi connectivity index (χ0n) is 20.6. The Morgan fingerprint density at radius 1 is 0.971 bits per heavy atom. The van der Waals surface area contributed by atoms with Crippen LogP contribution < -0.4 is 9.47 Å². The molecule has 176 valence electrons. The highest BCUT2D eigenvalue weighted by Gasteiger charge is 2.40. The molecule has 4 nitrogen and oxygen atoms in total. The lowest BCUT2D eigenvalue weighted by Gasteiger charge is -2.38. The third-order valence-corrected chi connectivity index (χ3v) is 6.72. The minimum Gasteiger partial charge on any atom is -0.494 e. The van der Waals surface area contributed by atoms with Gasteiger partial charge in [-0.25, -0.2) is 5.01 Å². The molecule has 0 radical (unpaired) electrons. The van der Waals surface area contributed by atoms with E-state index in [9.17, 15) is 0 Å². The minimum absolute atomic E-state index is 0.118. The van der Waals surface area contributed by atoms with Gasteiger partial charge in [-0.2, -0.15) is 5.10 Å². The van der Waals surface area contributed by atoms with Crippen LogP contribution in [0.25, 0.3) is 0 Å². The van der Waals surface area contributed by atoms with Gasteiger partial charge < -0.3 is 9.47 Å². The molecule has 3 aromatic carbocycles. The second-order valence-electron chi connectivity index (χ2n) is 10.3. The van der Waals surface area contributed by atoms with Crippen LogP contribution in [0.4, 0.5) is 0 Å². The molecule has 0 bridgehead atoms. The number of hydrogen-bond acceptors (Lipinski definition) is 4. The lowest BCUT2D eigenvalue weighted by atomic mass is 9.86. The Labute approximate surface area is 203 Å². The van der Waals surface area contributed by atoms with Crippen LogP contribution in [0.3, 0.4) is 0 Å². The summed E-state index contributed by atoms with van der Waals surface area (Å²) in [4.78, 5) is 0. The van der Waals surface area contributed by atoms with Crippen LogP contribution in [0.1, 0.15) is 81.5 Å². The summed E-state index contributed by atoms with van der Waals surface area (Å²) in [7, 11) is 0. The Bertz CT molecular complexity index is 1160. The van der Waals surface area contributed by atoms with Gasteiger partial charge in [0, 0.05) is 17.5 Å². The molecule has 2 aliphatic heterocycles. The highest BCUT2D eigenvalue weighted by Crippen LogP contribution is 2.47. The first-order chi connectivity index (χ1) is 16.4. The molecule has 0 spiro atoms. The first-order valence-corrected chi connectivity index (χ1v) is 12.4. The number of nitrogens with zero attached hydrogens (tertiary/aromatic N) is 2. The SMILES string of the molecule is CCCCOc1ccc(C2=NN3[C@H](C2)c2ccccc2O[C@@H]3c2ccc(C(C)(C)C)cc2)cc1. The second kappa shape index (κ2) is 9.17. The Hall–Kier alpha value is -3.27. The van der Waals surface area contributed by atoms with Crippen LogP contribution in [-0.4, -0.2) is 17.3 Å². The van der Waals surface area contributed by atoms with Gasteiger partial charge in [-0.1, -0.05) is 76.6 Å². The van der Waals surface area contributed by atoms with Crippen LogP contribution in [0, 0.1) is 0 Å². The van der Waals surface area contributed by atoms with E-state index in [0.717, 1.165) is 54.2 Å². The highest BCUT2D eigenvalue weighted by molar-refractivity contribution is 6.02. The van der Waals surface area contributed by atoms with Crippen molar-refractivity contribution >= 4 is 5.71 Å². The fourth-order valence-corrected chi connectivity index (χ4v) is 4.65. The van der Waals surface area contributed by atoms with E-state index < -0.39 is 0 Å². The lowest BCUT2D eigenvalue weighted by Crippen LogP contribution is -2.33. The van der Waals surface area contributed by atoms with Gasteiger partial charge in [-0.3, -0.25) is 0 Å². The van der Waals surface area contributed by atoms with Gasteiger partial charge in [0.1, 0.15) is 11.5 Å². The van der Waals surface area contributed by atoms with Crippen LogP contribution in [-0.2, 0) is 5.41 Å². The van der Waals surface area contributed by atoms with E-state index in [2.05, 4.69) is 99.4 Å². The molecule has 34 heavy (non-hydrogen) atoms. The van der Waals surface area contributed by atoms with Crippen LogP contribution in [0.2, 0.25) is 0 Å². The first kappa shape index (κ1) is 22.5. The summed E-state index contributed by atoms with van der Waals surface area (Å²) >= 11 is 0. The van der Waals surface area contributed by atoms with Crippen molar-refractivity contribution in [1.82, 2.24) is 5.01 Å². The first-order valence-electron chi connectivity index (χ1n) is 12.4. The zero-order chi connectivity index (χ0) is 23.7. The van der Waals surface area contributed by atoms with Crippen molar-refractivity contribution in [3.63, 3.8) is 0 Å². The number of rotatable bonds is 6. The maximum Gasteiger partial charge on any atom is 0.213 e. The van der Waals surface area contributed by atoms with Gasteiger partial charge in [0.05, 0.1) is 18.4 Å². The average molecular weight is 455 g/mol. The molecule has 5 rings (SSSR count). The van der Waals surface area contributed by atoms with Crippen LogP contribution in [0.5, 0.6) is 11.5 Å². The maximum atomic E-state index is 6.51. The molecule has 2 atom stereocenters. The van der Waals surface area contributed by atoms with E-state index in [1.165, 1.54) is 11.1 Å². The van der Waals surface area contributed by atoms with E-state index in [0.29, 0.717) is 0 Å². The standard InChI is InChI=1S/C30H34N2O2/c1-5-6-19-33-24-17-13-21(14-18-24)26-20-27-25-9-7-8-10-28(25)34-29(32(27)31-26)22-11-15-23(16-12-22)30(2,3)4/h7-18,27,29H,5-6,19-20H2,1-4H3/t27-,29-/m1/s1. The van der Waals surface area contributed by atoms with E-state index in [-0.39, 0.29) is 17.7 Å². The summed E-state index contributed by atoms with van der Waals surface area (Å²) in [5, 5.41) is 7.25. The molecule has 2 heterocycles. The smallest absolute Gasteiger partial charge is 0.213 e. The van der Waals surface area contributed by atoms with Crippen molar-refractivity contribution < 1.29 is 9.47 Å². The fraction of sp³-hybridized carbons (Fsp3) is 0.367. The van der Waals surface area contributed by atoms with Gasteiger partial charge in [0.25, 0.3) is 0 Å². The summed E-state index contributed by atoms with van der Waals surface area (Å²) in [6.45, 7) is 9.65. The minimum atomic E-state index is -0.247. The second-order valence-corrected chi connectivity index (χ2v) is 10.3. The molecule has 0 saturated heterocycles. The van der Waals surface area contributed by atoms with Gasteiger partial charge >= 0.3 is 0 Å². The molecule has 2 aliphatic rings. The normalized spacial score (nSPS) is 19.2. The summed E-state index contributed by atoms with van der Waals surface area (Å²) in [6, 6.07) is 25.7. The Morgan fingerprint density at radius 3 is 2.41 bits per heavy atom. The van der Waals surface area contributed by atoms with Crippen molar-refractivity contribution in [3.8, 4) is 11.5 Å². The predicted molar refractivity (Wildman–Crippen MR) is 138 cm³/mol. The Morgan fingerprint density at radius 2 is 1.71 bits per heavy atom. The van der Waals surface area contributed by atoms with Gasteiger partial charge in [0.15, 0.2) is 0 Å². The van der Waals surface area contributed by atoms with Crippen LogP contribution in [0.15, 0.2) is 77.9 Å². The number of ether oxygens (including phenoxy) is 2. The molecule has 0 fully saturated rings. The summed E-state index contributed by atoms with van der Waals surface area (Å²) in [6.07, 6.45) is 2.81. The number of hydrazone groups is 1. The molecule has 0 aromatic heterocycles. The monoisotopic (exact) mass is 454 g/mol. The molecule has 0 aliphatic carbocycles. The molecular formula is C30H34N2O2. The van der Waals surface area contributed by atoms with Crippen molar-refractivity contribution in [3.05, 3.63) is 95.1 Å². The number of unbranched alkanes of at least 4 members (excludes halogenated alkanes) is 1. The molecule has 0 saturated carbocycles. The average Bonchev–Trinajstić information content (AvgIpc) is 3.29. The molecule has 4 heteroatoms. The van der Waals surface area contributed by atoms with Gasteiger partial charge in [0.2, 0.25) is 6.23 Å². The molecular weight excluding hydrogens is 420 g/mol. The van der Waals surface area contributed by atoms with Crippen LogP contribution >= 0.6 is 0 Å². The van der Waals surface area contributed by atoms with Crippen molar-refractivity contribution in [2.24, 2.45) is 5.10 Å². The van der Waals surface area contributed by atoms with E-state index in [4.69, 9.17) is 14.6 Å². The lowest BCUT2D eigenvalue weighted by molar-refractivity contribution is -0.0190. The van der Waals surface area contributed by atoms with Crippen molar-refractivity contribution in [1.29, 1.82) is 0 Å². The zero-order valence-corrected chi connectivity index (χ0v) is 20.6. The fourth-order valence-electron chi connectivity index (χ4n) is 4.65. The maximum absolute atomic E-state index is 6.51.